The Kier molecular flexibility index (Phi) is 13.2. The Balaban J connectivity index is 1.42. The molecule has 1 aliphatic carbocycles. The third-order valence-electron chi connectivity index (χ3n) is 7.48. The highest BCUT2D eigenvalue weighted by molar-refractivity contribution is 6.28. The van der Waals surface area contributed by atoms with Crippen LogP contribution in [-0.4, -0.2) is 55.9 Å². The molecule has 0 aliphatic heterocycles. The summed E-state index contributed by atoms with van der Waals surface area (Å²) < 4.78 is 21.8. The molecule has 0 amide bonds. The molecule has 0 bridgehead atoms. The minimum Gasteiger partial charge on any atom is -0.483 e. The predicted octanol–water partition coefficient (Wildman–Crippen LogP) is 6.68. The van der Waals surface area contributed by atoms with E-state index in [-0.39, 0.29) is 39.6 Å². The Morgan fingerprint density at radius 1 is 0.619 bits per heavy atom. The Morgan fingerprint density at radius 3 is 1.50 bits per heavy atom. The number of carbonyl (C=O) groups is 4. The van der Waals surface area contributed by atoms with E-state index in [1.807, 2.05) is 0 Å². The average Bonchev–Trinajstić information content (AvgIpc) is 2.98. The first kappa shape index (κ1) is 33.0. The molecule has 0 saturated carbocycles. The minimum absolute atomic E-state index is 0.146. The van der Waals surface area contributed by atoms with Crippen LogP contribution in [0.15, 0.2) is 36.4 Å². The number of carbonyl (C=O) groups excluding carboxylic acids is 4. The van der Waals surface area contributed by atoms with Gasteiger partial charge in [0.1, 0.15) is 11.5 Å². The van der Waals surface area contributed by atoms with Gasteiger partial charge in [0.05, 0.1) is 6.61 Å². The third kappa shape index (κ3) is 9.51. The summed E-state index contributed by atoms with van der Waals surface area (Å²) in [7, 11) is 1.74. The van der Waals surface area contributed by atoms with Crippen LogP contribution >= 0.6 is 0 Å². The van der Waals surface area contributed by atoms with Crippen molar-refractivity contribution in [3.63, 3.8) is 0 Å². The summed E-state index contributed by atoms with van der Waals surface area (Å²) in [6.07, 6.45) is 10.1. The van der Waals surface area contributed by atoms with E-state index in [2.05, 4.69) is 0 Å². The molecule has 0 radical (unpaired) electrons. The number of ketones is 3. The van der Waals surface area contributed by atoms with Crippen molar-refractivity contribution >= 4 is 23.3 Å². The van der Waals surface area contributed by atoms with E-state index in [0.29, 0.717) is 18.1 Å². The molecule has 2 atom stereocenters. The normalized spacial score (nSPS) is 13.6. The molecule has 228 valence electrons. The highest BCUT2D eigenvalue weighted by Crippen LogP contribution is 2.32. The monoisotopic (exact) mass is 580 g/mol. The van der Waals surface area contributed by atoms with Gasteiger partial charge in [-0.3, -0.25) is 14.4 Å². The van der Waals surface area contributed by atoms with Crippen molar-refractivity contribution in [3.8, 4) is 11.5 Å². The van der Waals surface area contributed by atoms with Gasteiger partial charge in [0, 0.05) is 36.0 Å². The number of Topliss-reactive ketones (excluding diaryl/α,β-unsaturated/α-hetero) is 1. The second-order valence-electron chi connectivity index (χ2n) is 10.9. The summed E-state index contributed by atoms with van der Waals surface area (Å²) in [6.45, 7) is 5.84. The quantitative estimate of drug-likeness (QED) is 0.114. The topological polar surface area (TPSA) is 105 Å². The number of ether oxygens (including phenoxy) is 4. The van der Waals surface area contributed by atoms with Crippen LogP contribution < -0.4 is 9.47 Å². The molecule has 0 saturated heterocycles. The highest BCUT2D eigenvalue weighted by Gasteiger charge is 2.31. The van der Waals surface area contributed by atoms with Gasteiger partial charge in [-0.25, -0.2) is 4.79 Å². The number of hydrogen-bond donors (Lipinski definition) is 0. The maximum absolute atomic E-state index is 13.2. The fourth-order valence-corrected chi connectivity index (χ4v) is 4.85. The van der Waals surface area contributed by atoms with E-state index < -0.39 is 18.2 Å². The van der Waals surface area contributed by atoms with Crippen LogP contribution in [-0.2, 0) is 19.1 Å². The zero-order valence-corrected chi connectivity index (χ0v) is 25.4. The molecule has 8 heteroatoms. The van der Waals surface area contributed by atoms with E-state index in [1.165, 1.54) is 69.7 Å². The average molecular weight is 581 g/mol. The Hall–Kier alpha value is -3.52. The van der Waals surface area contributed by atoms with E-state index in [9.17, 15) is 19.2 Å². The Bertz CT molecular complexity index is 1230. The number of esters is 1. The third-order valence-corrected chi connectivity index (χ3v) is 7.48. The molecule has 2 aromatic rings. The lowest BCUT2D eigenvalue weighted by molar-refractivity contribution is -0.151. The van der Waals surface area contributed by atoms with Gasteiger partial charge in [-0.1, -0.05) is 51.4 Å². The first-order chi connectivity index (χ1) is 20.2. The molecule has 0 N–H and O–H groups in total. The molecular formula is C34H44O8. The van der Waals surface area contributed by atoms with Crippen molar-refractivity contribution in [2.75, 3.05) is 20.3 Å². The lowest BCUT2D eigenvalue weighted by atomic mass is 9.84. The van der Waals surface area contributed by atoms with Gasteiger partial charge >= 0.3 is 5.97 Å². The Morgan fingerprint density at radius 2 is 1.05 bits per heavy atom. The van der Waals surface area contributed by atoms with Gasteiger partial charge in [-0.05, 0) is 70.0 Å². The van der Waals surface area contributed by atoms with Crippen LogP contribution in [0.5, 0.6) is 11.5 Å². The molecule has 2 aromatic carbocycles. The zero-order chi connectivity index (χ0) is 30.5. The summed E-state index contributed by atoms with van der Waals surface area (Å²) in [5.41, 5.74) is 0.925. The van der Waals surface area contributed by atoms with Gasteiger partial charge in [-0.2, -0.15) is 0 Å². The van der Waals surface area contributed by atoms with Crippen molar-refractivity contribution in [2.45, 2.75) is 97.2 Å². The van der Waals surface area contributed by atoms with Crippen LogP contribution in [0, 0.1) is 0 Å². The van der Waals surface area contributed by atoms with Crippen LogP contribution in [0.2, 0.25) is 0 Å². The number of unbranched alkanes of at least 4 members (excludes halogenated alkanes) is 9. The molecule has 42 heavy (non-hydrogen) atoms. The summed E-state index contributed by atoms with van der Waals surface area (Å²) >= 11 is 0. The van der Waals surface area contributed by atoms with Gasteiger partial charge in [0.25, 0.3) is 0 Å². The van der Waals surface area contributed by atoms with E-state index >= 15 is 0 Å². The van der Waals surface area contributed by atoms with Crippen molar-refractivity contribution in [2.24, 2.45) is 0 Å². The molecule has 2 unspecified atom stereocenters. The fraction of sp³-hybridized carbons (Fsp3) is 0.529. The molecule has 0 aromatic heterocycles. The van der Waals surface area contributed by atoms with E-state index in [1.54, 1.807) is 33.1 Å². The predicted molar refractivity (Wildman–Crippen MR) is 160 cm³/mol. The van der Waals surface area contributed by atoms with Gasteiger partial charge in [0.15, 0.2) is 29.6 Å². The first-order valence-corrected chi connectivity index (χ1v) is 15.1. The maximum Gasteiger partial charge on any atom is 0.347 e. The van der Waals surface area contributed by atoms with E-state index in [0.717, 1.165) is 32.3 Å². The number of hydrogen-bond acceptors (Lipinski definition) is 8. The smallest absolute Gasteiger partial charge is 0.347 e. The minimum atomic E-state index is -0.864. The summed E-state index contributed by atoms with van der Waals surface area (Å²) in [5, 5.41) is 0. The van der Waals surface area contributed by atoms with Crippen LogP contribution in [0.3, 0.4) is 0 Å². The molecule has 1 aliphatic rings. The molecule has 0 fully saturated rings. The van der Waals surface area contributed by atoms with Crippen molar-refractivity contribution in [1.82, 2.24) is 0 Å². The van der Waals surface area contributed by atoms with Gasteiger partial charge in [0.2, 0.25) is 0 Å². The largest absolute Gasteiger partial charge is 0.483 e. The summed E-state index contributed by atoms with van der Waals surface area (Å²) in [4.78, 5) is 50.4. The van der Waals surface area contributed by atoms with E-state index in [4.69, 9.17) is 18.9 Å². The standard InChI is InChI=1S/C34H44O8/c1-23(35)24(2)41-26-15-17-28-30(21-26)32(36)29-18-16-27(22-31(29)33(28)37)42-25(3)34(38)40-20-14-12-10-8-6-5-7-9-11-13-19-39-4/h15-18,21-22,24-25H,5-14,19-20H2,1-4H3. The fourth-order valence-electron chi connectivity index (χ4n) is 4.85. The van der Waals surface area contributed by atoms with Gasteiger partial charge in [-0.15, -0.1) is 0 Å². The zero-order valence-electron chi connectivity index (χ0n) is 25.4. The van der Waals surface area contributed by atoms with Crippen LogP contribution in [0.4, 0.5) is 0 Å². The highest BCUT2D eigenvalue weighted by atomic mass is 16.6. The number of rotatable bonds is 19. The summed E-state index contributed by atoms with van der Waals surface area (Å²) in [6, 6.07) is 9.17. The van der Waals surface area contributed by atoms with Crippen LogP contribution in [0.1, 0.15) is 117 Å². The summed E-state index contributed by atoms with van der Waals surface area (Å²) in [5.74, 6) is -0.620. The second kappa shape index (κ2) is 16.8. The van der Waals surface area contributed by atoms with Crippen LogP contribution in [0.25, 0.3) is 0 Å². The van der Waals surface area contributed by atoms with Crippen molar-refractivity contribution in [1.29, 1.82) is 0 Å². The van der Waals surface area contributed by atoms with Crippen molar-refractivity contribution < 1.29 is 38.1 Å². The second-order valence-corrected chi connectivity index (χ2v) is 10.9. The number of methoxy groups -OCH3 is 1. The number of benzene rings is 2. The first-order valence-electron chi connectivity index (χ1n) is 15.1. The van der Waals surface area contributed by atoms with Gasteiger partial charge < -0.3 is 18.9 Å². The molecule has 3 rings (SSSR count). The molecular weight excluding hydrogens is 536 g/mol. The Labute approximate surface area is 249 Å². The lowest BCUT2D eigenvalue weighted by Crippen LogP contribution is -2.27. The maximum atomic E-state index is 13.2. The molecule has 0 spiro atoms. The number of fused-ring (bicyclic) bond motifs is 2. The SMILES string of the molecule is COCCCCCCCCCCCCOC(=O)C(C)Oc1ccc2c(c1)C(=O)c1ccc(OC(C)C(C)=O)cc1C2=O. The van der Waals surface area contributed by atoms with Crippen molar-refractivity contribution in [3.05, 3.63) is 58.7 Å². The molecule has 0 heterocycles. The molecule has 8 nitrogen and oxygen atoms in total. The lowest BCUT2D eigenvalue weighted by Gasteiger charge is -2.21.